The Morgan fingerprint density at radius 2 is 1.09 bits per heavy atom. The van der Waals surface area contributed by atoms with Crippen LogP contribution in [0.25, 0.3) is 0 Å². The van der Waals surface area contributed by atoms with Gasteiger partial charge in [0, 0.05) is 6.54 Å². The van der Waals surface area contributed by atoms with Crippen molar-refractivity contribution in [3.8, 4) is 0 Å². The van der Waals surface area contributed by atoms with Crippen molar-refractivity contribution in [3.63, 3.8) is 0 Å². The standard InChI is InChI=1S/C21H43N.ClH/c1-4-19-22-20-17-15-13-11-9-7-5-6-8-10-12-14-16-18-21(2)3;/h4,21-22H,1,5-20H2,2-3H3;1H. The van der Waals surface area contributed by atoms with E-state index in [1.165, 1.54) is 89.9 Å². The molecule has 23 heavy (non-hydrogen) atoms. The second-order valence-corrected chi connectivity index (χ2v) is 7.27. The van der Waals surface area contributed by atoms with Gasteiger partial charge in [0.05, 0.1) is 0 Å². The average Bonchev–Trinajstić information content (AvgIpc) is 2.50. The van der Waals surface area contributed by atoms with Crippen LogP contribution in [0.4, 0.5) is 0 Å². The third-order valence-corrected chi connectivity index (χ3v) is 4.42. The fourth-order valence-corrected chi connectivity index (χ4v) is 2.95. The Kier molecular flexibility index (Phi) is 24.1. The van der Waals surface area contributed by atoms with E-state index in [1.807, 2.05) is 6.08 Å². The molecule has 0 fully saturated rings. The molecule has 0 saturated carbocycles. The van der Waals surface area contributed by atoms with Crippen LogP contribution in [-0.4, -0.2) is 13.1 Å². The van der Waals surface area contributed by atoms with Gasteiger partial charge in [-0.15, -0.1) is 19.0 Å². The molecule has 0 aromatic carbocycles. The summed E-state index contributed by atoms with van der Waals surface area (Å²) in [6.45, 7) is 10.5. The number of hydrogen-bond donors (Lipinski definition) is 1. The fraction of sp³-hybridized carbons (Fsp3) is 0.905. The maximum Gasteiger partial charge on any atom is 0.0132 e. The predicted molar refractivity (Wildman–Crippen MR) is 110 cm³/mol. The molecule has 0 spiro atoms. The van der Waals surface area contributed by atoms with E-state index in [1.54, 1.807) is 0 Å². The highest BCUT2D eigenvalue weighted by molar-refractivity contribution is 5.85. The van der Waals surface area contributed by atoms with Gasteiger partial charge in [-0.05, 0) is 18.9 Å². The van der Waals surface area contributed by atoms with Gasteiger partial charge < -0.3 is 5.32 Å². The normalized spacial score (nSPS) is 10.7. The van der Waals surface area contributed by atoms with Gasteiger partial charge in [0.15, 0.2) is 0 Å². The highest BCUT2D eigenvalue weighted by atomic mass is 35.5. The predicted octanol–water partition coefficient (Wildman–Crippen LogP) is 7.30. The van der Waals surface area contributed by atoms with Crippen molar-refractivity contribution in [1.29, 1.82) is 0 Å². The lowest BCUT2D eigenvalue weighted by Gasteiger charge is -2.05. The van der Waals surface area contributed by atoms with Crippen molar-refractivity contribution in [2.45, 2.75) is 104 Å². The second kappa shape index (κ2) is 22.0. The summed E-state index contributed by atoms with van der Waals surface area (Å²) in [6.07, 6.45) is 22.1. The molecule has 0 aliphatic rings. The lowest BCUT2D eigenvalue weighted by molar-refractivity contribution is 0.502. The summed E-state index contributed by atoms with van der Waals surface area (Å²) in [4.78, 5) is 0. The number of halogens is 1. The van der Waals surface area contributed by atoms with E-state index >= 15 is 0 Å². The fourth-order valence-electron chi connectivity index (χ4n) is 2.95. The molecule has 0 aliphatic heterocycles. The summed E-state index contributed by atoms with van der Waals surface area (Å²) < 4.78 is 0. The Balaban J connectivity index is 0. The molecule has 1 nitrogen and oxygen atoms in total. The van der Waals surface area contributed by atoms with Crippen molar-refractivity contribution in [2.24, 2.45) is 5.92 Å². The van der Waals surface area contributed by atoms with Gasteiger partial charge in [0.2, 0.25) is 0 Å². The quantitative estimate of drug-likeness (QED) is 0.203. The maximum atomic E-state index is 3.71. The van der Waals surface area contributed by atoms with Crippen LogP contribution in [0.2, 0.25) is 0 Å². The zero-order valence-electron chi connectivity index (χ0n) is 16.1. The molecular formula is C21H44ClN. The Bertz CT molecular complexity index is 216. The van der Waals surface area contributed by atoms with E-state index in [4.69, 9.17) is 0 Å². The van der Waals surface area contributed by atoms with Crippen molar-refractivity contribution in [3.05, 3.63) is 12.7 Å². The van der Waals surface area contributed by atoms with E-state index in [2.05, 4.69) is 25.7 Å². The van der Waals surface area contributed by atoms with Crippen molar-refractivity contribution in [1.82, 2.24) is 5.32 Å². The molecule has 0 atom stereocenters. The van der Waals surface area contributed by atoms with Crippen LogP contribution in [-0.2, 0) is 0 Å². The Labute approximate surface area is 153 Å². The van der Waals surface area contributed by atoms with Crippen LogP contribution in [0.1, 0.15) is 104 Å². The molecule has 0 aliphatic carbocycles. The first kappa shape index (κ1) is 25.2. The summed E-state index contributed by atoms with van der Waals surface area (Å²) in [5, 5.41) is 3.37. The molecule has 0 rings (SSSR count). The first-order chi connectivity index (χ1) is 10.8. The number of rotatable bonds is 18. The van der Waals surface area contributed by atoms with Crippen LogP contribution < -0.4 is 5.32 Å². The Morgan fingerprint density at radius 1 is 0.696 bits per heavy atom. The van der Waals surface area contributed by atoms with E-state index < -0.39 is 0 Å². The zero-order valence-corrected chi connectivity index (χ0v) is 16.9. The maximum absolute atomic E-state index is 3.71. The third kappa shape index (κ3) is 24.4. The van der Waals surface area contributed by atoms with Crippen molar-refractivity contribution < 1.29 is 0 Å². The number of unbranched alkanes of at least 4 members (excludes halogenated alkanes) is 12. The summed E-state index contributed by atoms with van der Waals surface area (Å²) in [5.74, 6) is 0.892. The highest BCUT2D eigenvalue weighted by Crippen LogP contribution is 2.14. The zero-order chi connectivity index (χ0) is 16.3. The molecular weight excluding hydrogens is 302 g/mol. The van der Waals surface area contributed by atoms with E-state index in [9.17, 15) is 0 Å². The smallest absolute Gasteiger partial charge is 0.0132 e. The van der Waals surface area contributed by atoms with Gasteiger partial charge in [-0.3, -0.25) is 0 Å². The molecule has 0 unspecified atom stereocenters. The Morgan fingerprint density at radius 3 is 1.48 bits per heavy atom. The van der Waals surface area contributed by atoms with Crippen molar-refractivity contribution in [2.75, 3.05) is 13.1 Å². The molecule has 0 heterocycles. The van der Waals surface area contributed by atoms with Crippen LogP contribution in [0, 0.1) is 5.92 Å². The minimum absolute atomic E-state index is 0. The minimum atomic E-state index is 0. The monoisotopic (exact) mass is 345 g/mol. The van der Waals surface area contributed by atoms with E-state index in [0.717, 1.165) is 19.0 Å². The third-order valence-electron chi connectivity index (χ3n) is 4.42. The first-order valence-electron chi connectivity index (χ1n) is 10.1. The molecule has 0 aromatic heterocycles. The van der Waals surface area contributed by atoms with Gasteiger partial charge in [-0.1, -0.05) is 103 Å². The molecule has 1 N–H and O–H groups in total. The molecule has 0 radical (unpaired) electrons. The lowest BCUT2D eigenvalue weighted by Crippen LogP contribution is -2.14. The molecule has 2 heteroatoms. The van der Waals surface area contributed by atoms with E-state index in [0.29, 0.717) is 0 Å². The SMILES string of the molecule is C=CCNCCCCCCCCCCCCCCCC(C)C.Cl. The lowest BCUT2D eigenvalue weighted by atomic mass is 10.0. The second-order valence-electron chi connectivity index (χ2n) is 7.27. The number of hydrogen-bond acceptors (Lipinski definition) is 1. The molecule has 0 bridgehead atoms. The first-order valence-corrected chi connectivity index (χ1v) is 10.1. The van der Waals surface area contributed by atoms with Gasteiger partial charge in [-0.2, -0.15) is 0 Å². The minimum Gasteiger partial charge on any atom is -0.313 e. The van der Waals surface area contributed by atoms with Crippen LogP contribution in [0.15, 0.2) is 12.7 Å². The molecule has 0 amide bonds. The van der Waals surface area contributed by atoms with Gasteiger partial charge >= 0.3 is 0 Å². The molecule has 0 saturated heterocycles. The summed E-state index contributed by atoms with van der Waals surface area (Å²) >= 11 is 0. The van der Waals surface area contributed by atoms with Gasteiger partial charge in [0.25, 0.3) is 0 Å². The molecule has 140 valence electrons. The summed E-state index contributed by atoms with van der Waals surface area (Å²) in [6, 6.07) is 0. The van der Waals surface area contributed by atoms with Gasteiger partial charge in [0.1, 0.15) is 0 Å². The topological polar surface area (TPSA) is 12.0 Å². The van der Waals surface area contributed by atoms with Crippen LogP contribution >= 0.6 is 12.4 Å². The number of nitrogens with one attached hydrogen (secondary N) is 1. The van der Waals surface area contributed by atoms with Crippen LogP contribution in [0.5, 0.6) is 0 Å². The average molecular weight is 346 g/mol. The van der Waals surface area contributed by atoms with Crippen LogP contribution in [0.3, 0.4) is 0 Å². The van der Waals surface area contributed by atoms with Gasteiger partial charge in [-0.25, -0.2) is 0 Å². The molecule has 0 aromatic rings. The summed E-state index contributed by atoms with van der Waals surface area (Å²) in [5.41, 5.74) is 0. The Hall–Kier alpha value is -0.0100. The largest absolute Gasteiger partial charge is 0.313 e. The highest BCUT2D eigenvalue weighted by Gasteiger charge is 1.96. The van der Waals surface area contributed by atoms with Crippen molar-refractivity contribution >= 4 is 12.4 Å². The summed E-state index contributed by atoms with van der Waals surface area (Å²) in [7, 11) is 0. The van der Waals surface area contributed by atoms with E-state index in [-0.39, 0.29) is 12.4 Å².